The summed E-state index contributed by atoms with van der Waals surface area (Å²) in [4.78, 5) is 27.8. The highest BCUT2D eigenvalue weighted by atomic mass is 32.1. The lowest BCUT2D eigenvalue weighted by molar-refractivity contribution is -0.131. The van der Waals surface area contributed by atoms with Gasteiger partial charge in [-0.3, -0.25) is 9.69 Å². The van der Waals surface area contributed by atoms with E-state index in [1.807, 2.05) is 0 Å². The summed E-state index contributed by atoms with van der Waals surface area (Å²) in [6.45, 7) is 1.26. The zero-order chi connectivity index (χ0) is 20.2. The Balaban J connectivity index is 1.60. The molecule has 0 radical (unpaired) electrons. The number of phenolic OH excluding ortho intramolecular Hbond substituents is 1. The van der Waals surface area contributed by atoms with E-state index < -0.39 is 35.0 Å². The Morgan fingerprint density at radius 1 is 1.29 bits per heavy atom. The second kappa shape index (κ2) is 6.45. The average molecular weight is 410 g/mol. The molecule has 8 nitrogen and oxygen atoms in total. The number of hydrogen-bond acceptors (Lipinski definition) is 7. The molecule has 2 aromatic rings. The molecular formula is C17H16F2N4O4S. The van der Waals surface area contributed by atoms with E-state index in [4.69, 9.17) is 0 Å². The van der Waals surface area contributed by atoms with Crippen LogP contribution in [0.3, 0.4) is 0 Å². The lowest BCUT2D eigenvalue weighted by atomic mass is 10.2. The van der Waals surface area contributed by atoms with Gasteiger partial charge in [0, 0.05) is 0 Å². The summed E-state index contributed by atoms with van der Waals surface area (Å²) >= 11 is 0.980. The quantitative estimate of drug-likeness (QED) is 0.729. The molecule has 2 aliphatic rings. The van der Waals surface area contributed by atoms with Gasteiger partial charge in [-0.1, -0.05) is 11.3 Å². The first-order valence-corrected chi connectivity index (χ1v) is 9.37. The number of aliphatic hydroxyl groups excluding tert-OH is 1. The van der Waals surface area contributed by atoms with Gasteiger partial charge in [-0.05, 0) is 31.9 Å². The maximum Gasteiger partial charge on any atom is 0.328 e. The van der Waals surface area contributed by atoms with Crippen LogP contribution >= 0.6 is 11.3 Å². The molecule has 28 heavy (non-hydrogen) atoms. The summed E-state index contributed by atoms with van der Waals surface area (Å²) in [6, 6.07) is 0.923. The molecule has 1 atom stereocenters. The lowest BCUT2D eigenvalue weighted by Gasteiger charge is -2.21. The van der Waals surface area contributed by atoms with E-state index >= 15 is 0 Å². The molecule has 2 heterocycles. The number of rotatable bonds is 5. The van der Waals surface area contributed by atoms with Crippen molar-refractivity contribution in [3.05, 3.63) is 28.8 Å². The second-order valence-electron chi connectivity index (χ2n) is 6.87. The van der Waals surface area contributed by atoms with Gasteiger partial charge in [-0.15, -0.1) is 10.2 Å². The van der Waals surface area contributed by atoms with Gasteiger partial charge in [0.15, 0.2) is 22.4 Å². The van der Waals surface area contributed by atoms with Gasteiger partial charge in [0.2, 0.25) is 0 Å². The van der Waals surface area contributed by atoms with Crippen molar-refractivity contribution in [1.82, 2.24) is 20.0 Å². The van der Waals surface area contributed by atoms with Crippen molar-refractivity contribution < 1.29 is 28.6 Å². The van der Waals surface area contributed by atoms with E-state index in [1.54, 1.807) is 6.92 Å². The van der Waals surface area contributed by atoms with Crippen LogP contribution in [0.25, 0.3) is 10.6 Å². The molecule has 3 amide bonds. The first kappa shape index (κ1) is 18.7. The molecule has 1 aliphatic carbocycles. The van der Waals surface area contributed by atoms with Gasteiger partial charge in [0.1, 0.15) is 10.5 Å². The number of hydrogen-bond donors (Lipinski definition) is 2. The summed E-state index contributed by atoms with van der Waals surface area (Å²) in [5.41, 5.74) is -1.02. The van der Waals surface area contributed by atoms with Crippen LogP contribution < -0.4 is 0 Å². The Bertz CT molecular complexity index is 978. The van der Waals surface area contributed by atoms with Crippen LogP contribution in [0, 0.1) is 11.6 Å². The lowest BCUT2D eigenvalue weighted by Crippen LogP contribution is -2.41. The molecule has 0 unspecified atom stereocenters. The van der Waals surface area contributed by atoms with E-state index in [2.05, 4.69) is 10.2 Å². The van der Waals surface area contributed by atoms with Crippen LogP contribution in [0.2, 0.25) is 0 Å². The molecule has 11 heteroatoms. The number of carbonyl (C=O) groups is 2. The molecule has 4 rings (SSSR count). The van der Waals surface area contributed by atoms with E-state index in [1.165, 1.54) is 4.90 Å². The molecule has 2 N–H and O–H groups in total. The van der Waals surface area contributed by atoms with Crippen molar-refractivity contribution in [2.24, 2.45) is 0 Å². The summed E-state index contributed by atoms with van der Waals surface area (Å²) in [5, 5.41) is 27.0. The fraction of sp³-hybridized carbons (Fsp3) is 0.412. The fourth-order valence-corrected chi connectivity index (χ4v) is 4.15. The van der Waals surface area contributed by atoms with Crippen LogP contribution in [0.15, 0.2) is 12.1 Å². The Morgan fingerprint density at radius 2 is 2.00 bits per heavy atom. The molecular weight excluding hydrogens is 394 g/mol. The zero-order valence-electron chi connectivity index (χ0n) is 14.7. The largest absolute Gasteiger partial charge is 0.503 e. The number of benzene rings is 1. The minimum Gasteiger partial charge on any atom is -0.503 e. The highest BCUT2D eigenvalue weighted by Crippen LogP contribution is 2.49. The maximum atomic E-state index is 14.1. The van der Waals surface area contributed by atoms with Crippen LogP contribution in [-0.2, 0) is 11.3 Å². The molecule has 148 valence electrons. The summed E-state index contributed by atoms with van der Waals surface area (Å²) in [7, 11) is 0. The number of halogens is 2. The van der Waals surface area contributed by atoms with Crippen molar-refractivity contribution in [3.63, 3.8) is 0 Å². The average Bonchev–Trinajstić information content (AvgIpc) is 3.31. The fourth-order valence-electron chi connectivity index (χ4n) is 3.30. The highest BCUT2D eigenvalue weighted by molar-refractivity contribution is 7.14. The molecule has 2 fully saturated rings. The van der Waals surface area contributed by atoms with E-state index in [9.17, 15) is 28.6 Å². The smallest absolute Gasteiger partial charge is 0.328 e. The van der Waals surface area contributed by atoms with Crippen LogP contribution in [0.1, 0.15) is 24.8 Å². The summed E-state index contributed by atoms with van der Waals surface area (Å²) in [5.74, 6) is -3.66. The predicted molar refractivity (Wildman–Crippen MR) is 93.2 cm³/mol. The number of phenols is 1. The normalized spacial score (nSPS) is 19.0. The number of imide groups is 1. The number of aromatic nitrogens is 2. The molecule has 1 aromatic carbocycles. The minimum atomic E-state index is -1.14. The Kier molecular flexibility index (Phi) is 4.31. The first-order valence-electron chi connectivity index (χ1n) is 8.56. The van der Waals surface area contributed by atoms with Crippen molar-refractivity contribution in [2.45, 2.75) is 37.9 Å². The highest BCUT2D eigenvalue weighted by Gasteiger charge is 2.65. The van der Waals surface area contributed by atoms with Gasteiger partial charge in [-0.25, -0.2) is 13.6 Å². The molecule has 1 saturated carbocycles. The van der Waals surface area contributed by atoms with Crippen molar-refractivity contribution in [3.8, 4) is 16.3 Å². The second-order valence-corrected chi connectivity index (χ2v) is 7.93. The van der Waals surface area contributed by atoms with Gasteiger partial charge >= 0.3 is 6.03 Å². The number of carbonyl (C=O) groups excluding carboxylic acids is 2. The Morgan fingerprint density at radius 3 is 2.64 bits per heavy atom. The topological polar surface area (TPSA) is 107 Å². The number of nitrogens with zero attached hydrogens (tertiary/aromatic N) is 4. The third-order valence-corrected chi connectivity index (χ3v) is 6.00. The van der Waals surface area contributed by atoms with Crippen LogP contribution in [0.5, 0.6) is 5.75 Å². The van der Waals surface area contributed by atoms with E-state index in [0.717, 1.165) is 28.4 Å². The maximum absolute atomic E-state index is 14.1. The van der Waals surface area contributed by atoms with Gasteiger partial charge in [0.05, 0.1) is 24.8 Å². The Labute approximate surface area is 162 Å². The monoisotopic (exact) mass is 410 g/mol. The molecule has 1 spiro atoms. The van der Waals surface area contributed by atoms with Gasteiger partial charge < -0.3 is 15.1 Å². The first-order chi connectivity index (χ1) is 13.3. The molecule has 0 bridgehead atoms. The van der Waals surface area contributed by atoms with Gasteiger partial charge in [-0.2, -0.15) is 0 Å². The standard InChI is InChI=1S/C17H16F2N4O4S/c1-8(7-24)23-15(26)17(4-5-17)22(16(23)27)6-11-20-21-14(28-11)9-2-3-10(18)13(25)12(9)19/h2-3,8,24-25H,4-7H2,1H3/t8-/m1/s1. The zero-order valence-corrected chi connectivity index (χ0v) is 15.5. The predicted octanol–water partition coefficient (Wildman–Crippen LogP) is 1.87. The molecule has 1 saturated heterocycles. The third kappa shape index (κ3) is 2.65. The number of urea groups is 1. The molecule has 1 aliphatic heterocycles. The minimum absolute atomic E-state index is 0.00564. The van der Waals surface area contributed by atoms with Crippen molar-refractivity contribution in [2.75, 3.05) is 6.61 Å². The third-order valence-electron chi connectivity index (χ3n) is 5.06. The van der Waals surface area contributed by atoms with Gasteiger partial charge in [0.25, 0.3) is 5.91 Å². The summed E-state index contributed by atoms with van der Waals surface area (Å²) in [6.07, 6.45) is 1.05. The molecule has 1 aromatic heterocycles. The van der Waals surface area contributed by atoms with Crippen LogP contribution in [-0.4, -0.2) is 60.3 Å². The van der Waals surface area contributed by atoms with E-state index in [0.29, 0.717) is 17.8 Å². The van der Waals surface area contributed by atoms with E-state index in [-0.39, 0.29) is 29.6 Å². The van der Waals surface area contributed by atoms with Crippen molar-refractivity contribution in [1.29, 1.82) is 0 Å². The summed E-state index contributed by atoms with van der Waals surface area (Å²) < 4.78 is 27.3. The van der Waals surface area contributed by atoms with Crippen molar-refractivity contribution >= 4 is 23.3 Å². The number of aromatic hydroxyl groups is 1. The van der Waals surface area contributed by atoms with Crippen LogP contribution in [0.4, 0.5) is 13.6 Å². The number of aliphatic hydroxyl groups is 1. The SMILES string of the molecule is C[C@H](CO)N1C(=O)N(Cc2nnc(-c3ccc(F)c(O)c3F)s2)C2(CC2)C1=O. The number of amides is 3. The Hall–Kier alpha value is -2.66.